The van der Waals surface area contributed by atoms with Crippen LogP contribution in [0.1, 0.15) is 18.4 Å². The zero-order chi connectivity index (χ0) is 25.7. The van der Waals surface area contributed by atoms with Crippen LogP contribution in [0.5, 0.6) is 0 Å². The third-order valence-electron chi connectivity index (χ3n) is 6.67. The van der Waals surface area contributed by atoms with E-state index < -0.39 is 18.0 Å². The number of benzene rings is 2. The fraction of sp³-hybridized carbons (Fsp3) is 0.423. The Morgan fingerprint density at radius 2 is 1.92 bits per heavy atom. The molecule has 4 rings (SSSR count). The summed E-state index contributed by atoms with van der Waals surface area (Å²) < 4.78 is 20.3. The van der Waals surface area contributed by atoms with Crippen LogP contribution in [0.2, 0.25) is 0 Å². The van der Waals surface area contributed by atoms with Crippen LogP contribution < -0.4 is 10.2 Å². The van der Waals surface area contributed by atoms with Crippen LogP contribution in [-0.4, -0.2) is 91.8 Å². The molecule has 2 aliphatic rings. The molecule has 2 aliphatic heterocycles. The molecular weight excluding hydrogens is 467 g/mol. The van der Waals surface area contributed by atoms with Crippen molar-refractivity contribution in [2.75, 3.05) is 57.3 Å². The molecule has 0 spiro atoms. The van der Waals surface area contributed by atoms with Crippen molar-refractivity contribution >= 4 is 24.1 Å². The number of rotatable bonds is 9. The number of halogens is 1. The summed E-state index contributed by atoms with van der Waals surface area (Å²) in [6, 6.07) is 12.1. The van der Waals surface area contributed by atoms with Crippen molar-refractivity contribution in [2.24, 2.45) is 0 Å². The second kappa shape index (κ2) is 11.5. The second-order valence-corrected chi connectivity index (χ2v) is 9.16. The van der Waals surface area contributed by atoms with Crippen LogP contribution >= 0.6 is 0 Å². The molecule has 36 heavy (non-hydrogen) atoms. The van der Waals surface area contributed by atoms with E-state index in [1.165, 1.54) is 17.9 Å². The average Bonchev–Trinajstić information content (AvgIpc) is 3.27. The molecule has 2 N–H and O–H groups in total. The Morgan fingerprint density at radius 3 is 2.53 bits per heavy atom. The number of amides is 3. The molecule has 0 bridgehead atoms. The van der Waals surface area contributed by atoms with Gasteiger partial charge in [0.15, 0.2) is 0 Å². The van der Waals surface area contributed by atoms with Crippen LogP contribution in [-0.2, 0) is 14.3 Å². The highest BCUT2D eigenvalue weighted by atomic mass is 19.1. The number of anilines is 1. The van der Waals surface area contributed by atoms with Gasteiger partial charge < -0.3 is 20.1 Å². The summed E-state index contributed by atoms with van der Waals surface area (Å²) in [6.07, 6.45) is -0.206. The number of aliphatic hydroxyl groups excluding tert-OH is 1. The highest BCUT2D eigenvalue weighted by Crippen LogP contribution is 2.30. The van der Waals surface area contributed by atoms with Gasteiger partial charge in [-0.05, 0) is 29.3 Å². The van der Waals surface area contributed by atoms with Gasteiger partial charge in [0.25, 0.3) is 0 Å². The molecular formula is C26H31FN4O5. The molecule has 2 aromatic carbocycles. The second-order valence-electron chi connectivity index (χ2n) is 9.16. The summed E-state index contributed by atoms with van der Waals surface area (Å²) in [5.41, 5.74) is 2.43. The summed E-state index contributed by atoms with van der Waals surface area (Å²) in [6.45, 7) is 5.38. The SMILES string of the molecule is CC(=O)NC[C@H]1CN(c2ccc(-c3ccc(C(CO)CN4CCN(C=O)CC4)cc3)c(F)c2)C(=O)O1. The van der Waals surface area contributed by atoms with Gasteiger partial charge in [0.1, 0.15) is 11.9 Å². The maximum Gasteiger partial charge on any atom is 0.414 e. The molecule has 2 heterocycles. The van der Waals surface area contributed by atoms with Crippen LogP contribution in [0.15, 0.2) is 42.5 Å². The lowest BCUT2D eigenvalue weighted by atomic mass is 9.95. The molecule has 0 saturated carbocycles. The van der Waals surface area contributed by atoms with E-state index in [0.29, 0.717) is 36.4 Å². The summed E-state index contributed by atoms with van der Waals surface area (Å²) in [4.78, 5) is 39.6. The number of cyclic esters (lactones) is 1. The Kier molecular flexibility index (Phi) is 8.17. The first-order valence-electron chi connectivity index (χ1n) is 12.0. The standard InChI is InChI=1S/C26H31FN4O5/c1-18(34)28-13-23-15-31(26(35)36-23)22-6-7-24(25(27)12-22)20-4-2-19(3-5-20)21(16-32)14-29-8-10-30(17-33)11-9-29/h2-7,12,17,21,23,32H,8-11,13-16H2,1H3,(H,28,34)/t21?,23-/m0/s1. The Labute approximate surface area is 209 Å². The minimum atomic E-state index is -0.579. The van der Waals surface area contributed by atoms with Crippen LogP contribution in [0.3, 0.4) is 0 Å². The first kappa shape index (κ1) is 25.6. The molecule has 9 nitrogen and oxygen atoms in total. The van der Waals surface area contributed by atoms with Crippen molar-refractivity contribution in [1.29, 1.82) is 0 Å². The Bertz CT molecular complexity index is 1090. The van der Waals surface area contributed by atoms with Crippen molar-refractivity contribution in [3.8, 4) is 11.1 Å². The minimum Gasteiger partial charge on any atom is -0.442 e. The number of hydrogen-bond acceptors (Lipinski definition) is 6. The molecule has 192 valence electrons. The fourth-order valence-corrected chi connectivity index (χ4v) is 4.57. The molecule has 2 atom stereocenters. The summed E-state index contributed by atoms with van der Waals surface area (Å²) in [7, 11) is 0. The normalized spacial score (nSPS) is 19.2. The molecule has 2 fully saturated rings. The number of carbonyl (C=O) groups is 3. The quantitative estimate of drug-likeness (QED) is 0.512. The van der Waals surface area contributed by atoms with Crippen molar-refractivity contribution < 1.29 is 28.6 Å². The smallest absolute Gasteiger partial charge is 0.414 e. The van der Waals surface area contributed by atoms with E-state index >= 15 is 4.39 Å². The maximum atomic E-state index is 15.1. The topological polar surface area (TPSA) is 102 Å². The largest absolute Gasteiger partial charge is 0.442 e. The molecule has 10 heteroatoms. The average molecular weight is 499 g/mol. The van der Waals surface area contributed by atoms with Gasteiger partial charge >= 0.3 is 6.09 Å². The van der Waals surface area contributed by atoms with Crippen LogP contribution in [0.4, 0.5) is 14.9 Å². The number of hydrogen-bond donors (Lipinski definition) is 2. The Morgan fingerprint density at radius 1 is 1.19 bits per heavy atom. The lowest BCUT2D eigenvalue weighted by Crippen LogP contribution is -2.47. The van der Waals surface area contributed by atoms with E-state index in [4.69, 9.17) is 4.74 Å². The third-order valence-corrected chi connectivity index (χ3v) is 6.67. The third kappa shape index (κ3) is 6.00. The molecule has 3 amide bonds. The van der Waals surface area contributed by atoms with Gasteiger partial charge in [0.2, 0.25) is 12.3 Å². The number of nitrogens with zero attached hydrogens (tertiary/aromatic N) is 3. The van der Waals surface area contributed by atoms with E-state index in [1.807, 2.05) is 24.3 Å². The Balaban J connectivity index is 1.41. The Hall–Kier alpha value is -3.50. The molecule has 0 radical (unpaired) electrons. The van der Waals surface area contributed by atoms with Gasteiger partial charge in [-0.15, -0.1) is 0 Å². The number of nitrogens with one attached hydrogen (secondary N) is 1. The number of aliphatic hydroxyl groups is 1. The predicted octanol–water partition coefficient (Wildman–Crippen LogP) is 1.80. The van der Waals surface area contributed by atoms with Crippen LogP contribution in [0.25, 0.3) is 11.1 Å². The van der Waals surface area contributed by atoms with Crippen LogP contribution in [0, 0.1) is 5.82 Å². The van der Waals surface area contributed by atoms with Gasteiger partial charge in [-0.2, -0.15) is 0 Å². The lowest BCUT2D eigenvalue weighted by molar-refractivity contribution is -0.120. The number of ether oxygens (including phenoxy) is 1. The first-order valence-corrected chi connectivity index (χ1v) is 12.0. The highest BCUT2D eigenvalue weighted by Gasteiger charge is 2.32. The summed E-state index contributed by atoms with van der Waals surface area (Å²) in [5.74, 6) is -0.764. The van der Waals surface area contributed by atoms with Crippen molar-refractivity contribution in [1.82, 2.24) is 15.1 Å². The fourth-order valence-electron chi connectivity index (χ4n) is 4.57. The van der Waals surface area contributed by atoms with Gasteiger partial charge in [0, 0.05) is 51.1 Å². The first-order chi connectivity index (χ1) is 17.4. The van der Waals surface area contributed by atoms with E-state index in [9.17, 15) is 19.5 Å². The van der Waals surface area contributed by atoms with Crippen molar-refractivity contribution in [3.63, 3.8) is 0 Å². The lowest BCUT2D eigenvalue weighted by Gasteiger charge is -2.34. The van der Waals surface area contributed by atoms with E-state index in [0.717, 1.165) is 25.1 Å². The maximum absolute atomic E-state index is 15.1. The summed E-state index contributed by atoms with van der Waals surface area (Å²) in [5, 5.41) is 12.6. The van der Waals surface area contributed by atoms with Crippen molar-refractivity contribution in [3.05, 3.63) is 53.8 Å². The predicted molar refractivity (Wildman–Crippen MR) is 132 cm³/mol. The van der Waals surface area contributed by atoms with E-state index in [-0.39, 0.29) is 31.5 Å². The molecule has 0 aliphatic carbocycles. The van der Waals surface area contributed by atoms with E-state index in [1.54, 1.807) is 17.0 Å². The molecule has 2 aromatic rings. The number of carbonyl (C=O) groups excluding carboxylic acids is 3. The van der Waals surface area contributed by atoms with Gasteiger partial charge in [-0.3, -0.25) is 19.4 Å². The van der Waals surface area contributed by atoms with Gasteiger partial charge in [-0.1, -0.05) is 24.3 Å². The molecule has 2 saturated heterocycles. The zero-order valence-corrected chi connectivity index (χ0v) is 20.2. The zero-order valence-electron chi connectivity index (χ0n) is 20.2. The molecule has 0 aromatic heterocycles. The minimum absolute atomic E-state index is 0.00877. The van der Waals surface area contributed by atoms with Crippen molar-refractivity contribution in [2.45, 2.75) is 18.9 Å². The van der Waals surface area contributed by atoms with Gasteiger partial charge in [-0.25, -0.2) is 9.18 Å². The van der Waals surface area contributed by atoms with E-state index in [2.05, 4.69) is 10.2 Å². The van der Waals surface area contributed by atoms with Gasteiger partial charge in [0.05, 0.1) is 25.4 Å². The molecule has 1 unspecified atom stereocenters. The monoisotopic (exact) mass is 498 g/mol. The summed E-state index contributed by atoms with van der Waals surface area (Å²) >= 11 is 0. The highest BCUT2D eigenvalue weighted by molar-refractivity contribution is 5.90. The number of piperazine rings is 1.